The lowest BCUT2D eigenvalue weighted by atomic mass is 10.1. The molecule has 1 aromatic carbocycles. The lowest BCUT2D eigenvalue weighted by molar-refractivity contribution is 0.592. The van der Waals surface area contributed by atoms with Crippen LogP contribution in [0.3, 0.4) is 0 Å². The molecule has 2 nitrogen and oxygen atoms in total. The molecule has 2 aromatic rings. The van der Waals surface area contributed by atoms with Crippen molar-refractivity contribution in [2.75, 3.05) is 0 Å². The molecule has 2 heterocycles. The maximum Gasteiger partial charge on any atom is 0.136 e. The first-order chi connectivity index (χ1) is 6.84. The van der Waals surface area contributed by atoms with E-state index in [0.29, 0.717) is 5.02 Å². The topological polar surface area (TPSA) is 25.2 Å². The fraction of sp³-hybridized carbons (Fsp3) is 0.0909. The zero-order valence-electron chi connectivity index (χ0n) is 7.38. The molecule has 0 saturated heterocycles. The van der Waals surface area contributed by atoms with Gasteiger partial charge in [0.25, 0.3) is 0 Å². The van der Waals surface area contributed by atoms with Crippen LogP contribution in [-0.4, -0.2) is 0 Å². The third kappa shape index (κ3) is 1.04. The molecule has 14 heavy (non-hydrogen) atoms. The van der Waals surface area contributed by atoms with Gasteiger partial charge in [-0.2, -0.15) is 0 Å². The monoisotopic (exact) mass is 205 g/mol. The summed E-state index contributed by atoms with van der Waals surface area (Å²) in [7, 11) is 0. The lowest BCUT2D eigenvalue weighted by Crippen LogP contribution is -2.08. The van der Waals surface area contributed by atoms with Gasteiger partial charge < -0.3 is 9.73 Å². The van der Waals surface area contributed by atoms with Gasteiger partial charge in [0.15, 0.2) is 0 Å². The zero-order chi connectivity index (χ0) is 9.54. The third-order valence-electron chi connectivity index (χ3n) is 2.42. The molecule has 1 aromatic heterocycles. The molecule has 0 radical (unpaired) electrons. The largest absolute Gasteiger partial charge is 0.456 e. The van der Waals surface area contributed by atoms with Crippen molar-refractivity contribution in [2.45, 2.75) is 6.54 Å². The lowest BCUT2D eigenvalue weighted by Gasteiger charge is -2.04. The van der Waals surface area contributed by atoms with Crippen molar-refractivity contribution < 1.29 is 4.42 Å². The number of benzene rings is 1. The maximum atomic E-state index is 5.89. The van der Waals surface area contributed by atoms with E-state index in [1.807, 2.05) is 30.5 Å². The van der Waals surface area contributed by atoms with E-state index < -0.39 is 0 Å². The van der Waals surface area contributed by atoms with Gasteiger partial charge in [-0.15, -0.1) is 0 Å². The summed E-state index contributed by atoms with van der Waals surface area (Å²) < 4.78 is 5.66. The number of furan rings is 1. The van der Waals surface area contributed by atoms with Crippen LogP contribution < -0.4 is 5.32 Å². The molecular formula is C11H8ClNO. The van der Waals surface area contributed by atoms with E-state index in [1.54, 1.807) is 0 Å². The van der Waals surface area contributed by atoms with Crippen molar-refractivity contribution in [1.82, 2.24) is 5.32 Å². The zero-order valence-corrected chi connectivity index (χ0v) is 8.14. The maximum absolute atomic E-state index is 5.89. The summed E-state index contributed by atoms with van der Waals surface area (Å²) in [5.74, 6) is 0.931. The Kier molecular flexibility index (Phi) is 1.58. The van der Waals surface area contributed by atoms with E-state index >= 15 is 0 Å². The van der Waals surface area contributed by atoms with E-state index in [1.165, 1.54) is 5.56 Å². The Hall–Kier alpha value is -1.41. The number of rotatable bonds is 0. The minimum Gasteiger partial charge on any atom is -0.456 e. The van der Waals surface area contributed by atoms with Gasteiger partial charge >= 0.3 is 0 Å². The van der Waals surface area contributed by atoms with E-state index in [4.69, 9.17) is 16.0 Å². The summed E-state index contributed by atoms with van der Waals surface area (Å²) in [6, 6.07) is 5.74. The van der Waals surface area contributed by atoms with Gasteiger partial charge in [0.2, 0.25) is 0 Å². The van der Waals surface area contributed by atoms with E-state index in [9.17, 15) is 0 Å². The summed E-state index contributed by atoms with van der Waals surface area (Å²) in [6.07, 6.45) is 3.83. The van der Waals surface area contributed by atoms with Gasteiger partial charge in [0.05, 0.1) is 0 Å². The van der Waals surface area contributed by atoms with Crippen LogP contribution in [0, 0.1) is 0 Å². The highest BCUT2D eigenvalue weighted by Gasteiger charge is 2.13. The van der Waals surface area contributed by atoms with Gasteiger partial charge in [-0.3, -0.25) is 0 Å². The molecule has 0 fully saturated rings. The minimum atomic E-state index is 0.709. The van der Waals surface area contributed by atoms with Crippen molar-refractivity contribution >= 4 is 28.6 Å². The summed E-state index contributed by atoms with van der Waals surface area (Å²) in [5, 5.41) is 5.01. The molecule has 3 heteroatoms. The Morgan fingerprint density at radius 2 is 2.29 bits per heavy atom. The molecule has 70 valence electrons. The van der Waals surface area contributed by atoms with Crippen LogP contribution in [0.1, 0.15) is 11.3 Å². The molecule has 0 amide bonds. The fourth-order valence-electron chi connectivity index (χ4n) is 1.76. The van der Waals surface area contributed by atoms with Gasteiger partial charge in [-0.05, 0) is 18.2 Å². The second-order valence-corrected chi connectivity index (χ2v) is 3.74. The fourth-order valence-corrected chi connectivity index (χ4v) is 1.92. The summed E-state index contributed by atoms with van der Waals surface area (Å²) >= 11 is 5.89. The van der Waals surface area contributed by atoms with E-state index in [0.717, 1.165) is 23.3 Å². The summed E-state index contributed by atoms with van der Waals surface area (Å²) in [6.45, 7) is 0.820. The Morgan fingerprint density at radius 3 is 3.21 bits per heavy atom. The second kappa shape index (κ2) is 2.79. The Balaban J connectivity index is 2.37. The number of halogens is 1. The minimum absolute atomic E-state index is 0.709. The highest BCUT2D eigenvalue weighted by molar-refractivity contribution is 6.31. The van der Waals surface area contributed by atoms with Crippen LogP contribution in [0.4, 0.5) is 0 Å². The standard InChI is InChI=1S/C11H8ClNO/c12-7-1-2-8-9-6-13-4-3-10(9)14-11(8)5-7/h1-5,13H,6H2. The molecule has 3 rings (SSSR count). The molecule has 1 aliphatic heterocycles. The predicted octanol–water partition coefficient (Wildman–Crippen LogP) is 3.16. The third-order valence-corrected chi connectivity index (χ3v) is 2.65. The number of hydrogen-bond acceptors (Lipinski definition) is 2. The quantitative estimate of drug-likeness (QED) is 0.715. The highest BCUT2D eigenvalue weighted by atomic mass is 35.5. The second-order valence-electron chi connectivity index (χ2n) is 3.30. The van der Waals surface area contributed by atoms with Crippen molar-refractivity contribution in [3.05, 3.63) is 40.7 Å². The normalized spacial score (nSPS) is 14.1. The smallest absolute Gasteiger partial charge is 0.136 e. The molecule has 0 aliphatic carbocycles. The molecule has 0 spiro atoms. The average Bonchev–Trinajstić information content (AvgIpc) is 2.54. The molecule has 1 N–H and O–H groups in total. The molecule has 0 bridgehead atoms. The van der Waals surface area contributed by atoms with Gasteiger partial charge in [0.1, 0.15) is 11.3 Å². The predicted molar refractivity (Wildman–Crippen MR) is 57.1 cm³/mol. The first-order valence-electron chi connectivity index (χ1n) is 4.45. The Bertz CT molecular complexity index is 527. The van der Waals surface area contributed by atoms with Crippen molar-refractivity contribution in [1.29, 1.82) is 0 Å². The van der Waals surface area contributed by atoms with Crippen LogP contribution in [0.25, 0.3) is 17.0 Å². The molecule has 0 unspecified atom stereocenters. The molecule has 0 saturated carbocycles. The van der Waals surface area contributed by atoms with Crippen LogP contribution >= 0.6 is 11.6 Å². The van der Waals surface area contributed by atoms with Crippen molar-refractivity contribution in [3.8, 4) is 0 Å². The van der Waals surface area contributed by atoms with E-state index in [-0.39, 0.29) is 0 Å². The van der Waals surface area contributed by atoms with Gasteiger partial charge in [0, 0.05) is 34.8 Å². The van der Waals surface area contributed by atoms with Crippen molar-refractivity contribution in [3.63, 3.8) is 0 Å². The van der Waals surface area contributed by atoms with Crippen molar-refractivity contribution in [2.24, 2.45) is 0 Å². The summed E-state index contributed by atoms with van der Waals surface area (Å²) in [5.41, 5.74) is 2.06. The first-order valence-corrected chi connectivity index (χ1v) is 4.83. The Morgan fingerprint density at radius 1 is 1.36 bits per heavy atom. The number of nitrogens with one attached hydrogen (secondary N) is 1. The first kappa shape index (κ1) is 7.94. The van der Waals surface area contributed by atoms with Crippen LogP contribution in [-0.2, 0) is 6.54 Å². The van der Waals surface area contributed by atoms with Gasteiger partial charge in [-0.25, -0.2) is 0 Å². The van der Waals surface area contributed by atoms with Crippen LogP contribution in [0.5, 0.6) is 0 Å². The van der Waals surface area contributed by atoms with Gasteiger partial charge in [-0.1, -0.05) is 11.6 Å². The molecular weight excluding hydrogens is 198 g/mol. The van der Waals surface area contributed by atoms with E-state index in [2.05, 4.69) is 5.32 Å². The average molecular weight is 206 g/mol. The number of hydrogen-bond donors (Lipinski definition) is 1. The van der Waals surface area contributed by atoms with Crippen LogP contribution in [0.2, 0.25) is 5.02 Å². The number of fused-ring (bicyclic) bond motifs is 3. The SMILES string of the molecule is Clc1ccc2c3c(oc2c1)C=CNC3. The Labute approximate surface area is 86.2 Å². The van der Waals surface area contributed by atoms with Crippen LogP contribution in [0.15, 0.2) is 28.8 Å². The summed E-state index contributed by atoms with van der Waals surface area (Å²) in [4.78, 5) is 0. The highest BCUT2D eigenvalue weighted by Crippen LogP contribution is 2.30. The molecule has 1 aliphatic rings. The molecule has 0 atom stereocenters.